The first kappa shape index (κ1) is 11.5. The lowest BCUT2D eigenvalue weighted by atomic mass is 10.1. The number of aliphatic hydroxyl groups is 1. The van der Waals surface area contributed by atoms with Crippen molar-refractivity contribution in [3.05, 3.63) is 0 Å². The first-order chi connectivity index (χ1) is 6.61. The van der Waals surface area contributed by atoms with Crippen molar-refractivity contribution >= 4 is 5.91 Å². The van der Waals surface area contributed by atoms with Gasteiger partial charge in [-0.25, -0.2) is 0 Å². The number of rotatable bonds is 3. The van der Waals surface area contributed by atoms with Crippen LogP contribution in [-0.4, -0.2) is 59.6 Å². The summed E-state index contributed by atoms with van der Waals surface area (Å²) in [6.45, 7) is 5.63. The summed E-state index contributed by atoms with van der Waals surface area (Å²) in [5, 5.41) is 9.15. The third kappa shape index (κ3) is 2.07. The molecular weight excluding hydrogens is 180 g/mol. The molecule has 14 heavy (non-hydrogen) atoms. The predicted molar refractivity (Wildman–Crippen MR) is 55.0 cm³/mol. The molecule has 0 aromatic rings. The third-order valence-corrected chi connectivity index (χ3v) is 2.93. The van der Waals surface area contributed by atoms with Gasteiger partial charge in [0.25, 0.3) is 0 Å². The van der Waals surface area contributed by atoms with Gasteiger partial charge in [0.05, 0.1) is 6.61 Å². The van der Waals surface area contributed by atoms with Crippen molar-refractivity contribution in [1.29, 1.82) is 0 Å². The molecular formula is C10H20N2O2. The van der Waals surface area contributed by atoms with Gasteiger partial charge in [0.1, 0.15) is 6.04 Å². The molecule has 0 spiro atoms. The number of likely N-dealkylation sites (N-methyl/N-ethyl adjacent to an activating group) is 1. The van der Waals surface area contributed by atoms with Crippen LogP contribution < -0.4 is 0 Å². The van der Waals surface area contributed by atoms with Gasteiger partial charge in [0.2, 0.25) is 5.91 Å². The Morgan fingerprint density at radius 2 is 2.21 bits per heavy atom. The molecule has 1 N–H and O–H groups in total. The number of amides is 1. The number of hydrogen-bond donors (Lipinski definition) is 1. The van der Waals surface area contributed by atoms with Crippen LogP contribution in [0.5, 0.6) is 0 Å². The Balaban J connectivity index is 2.70. The fourth-order valence-corrected chi connectivity index (χ4v) is 1.91. The molecule has 0 aliphatic carbocycles. The number of carbonyl (C=O) groups is 1. The minimum atomic E-state index is -0.342. The summed E-state index contributed by atoms with van der Waals surface area (Å²) in [7, 11) is 1.90. The highest BCUT2D eigenvalue weighted by molar-refractivity contribution is 5.82. The SMILES string of the molecule is CCCN1CC(C)N(C)C(CO)C1=O. The van der Waals surface area contributed by atoms with Crippen LogP contribution in [0.2, 0.25) is 0 Å². The minimum Gasteiger partial charge on any atom is -0.394 e. The van der Waals surface area contributed by atoms with E-state index in [4.69, 9.17) is 5.11 Å². The summed E-state index contributed by atoms with van der Waals surface area (Å²) >= 11 is 0. The Morgan fingerprint density at radius 1 is 1.57 bits per heavy atom. The van der Waals surface area contributed by atoms with Crippen LogP contribution in [0.25, 0.3) is 0 Å². The second-order valence-corrected chi connectivity index (χ2v) is 4.00. The van der Waals surface area contributed by atoms with Gasteiger partial charge in [-0.3, -0.25) is 9.69 Å². The summed E-state index contributed by atoms with van der Waals surface area (Å²) in [5.74, 6) is 0.0648. The molecule has 2 unspecified atom stereocenters. The average molecular weight is 200 g/mol. The maximum atomic E-state index is 11.8. The Hall–Kier alpha value is -0.610. The zero-order valence-electron chi connectivity index (χ0n) is 9.23. The molecule has 0 radical (unpaired) electrons. The number of piperazine rings is 1. The summed E-state index contributed by atoms with van der Waals surface area (Å²) in [6, 6.07) is -0.0123. The van der Waals surface area contributed by atoms with Gasteiger partial charge in [0.15, 0.2) is 0 Å². The molecule has 0 saturated carbocycles. The van der Waals surface area contributed by atoms with Crippen molar-refractivity contribution in [3.63, 3.8) is 0 Å². The third-order valence-electron chi connectivity index (χ3n) is 2.93. The van der Waals surface area contributed by atoms with Gasteiger partial charge in [-0.05, 0) is 20.4 Å². The van der Waals surface area contributed by atoms with E-state index in [0.717, 1.165) is 19.5 Å². The lowest BCUT2D eigenvalue weighted by Crippen LogP contribution is -2.60. The molecule has 0 aromatic heterocycles. The molecule has 1 saturated heterocycles. The quantitative estimate of drug-likeness (QED) is 0.693. The number of aliphatic hydroxyl groups excluding tert-OH is 1. The van der Waals surface area contributed by atoms with E-state index in [1.807, 2.05) is 16.8 Å². The largest absolute Gasteiger partial charge is 0.394 e. The monoisotopic (exact) mass is 200 g/mol. The van der Waals surface area contributed by atoms with Crippen LogP contribution in [0.1, 0.15) is 20.3 Å². The van der Waals surface area contributed by atoms with E-state index in [0.29, 0.717) is 6.04 Å². The first-order valence-corrected chi connectivity index (χ1v) is 5.23. The highest BCUT2D eigenvalue weighted by Gasteiger charge is 2.35. The lowest BCUT2D eigenvalue weighted by molar-refractivity contribution is -0.145. The predicted octanol–water partition coefficient (Wildman–Crippen LogP) is -0.0802. The molecule has 1 fully saturated rings. The topological polar surface area (TPSA) is 43.8 Å². The van der Waals surface area contributed by atoms with Crippen molar-refractivity contribution in [2.75, 3.05) is 26.7 Å². The van der Waals surface area contributed by atoms with E-state index in [1.54, 1.807) is 0 Å². The zero-order valence-corrected chi connectivity index (χ0v) is 9.23. The van der Waals surface area contributed by atoms with Crippen molar-refractivity contribution in [3.8, 4) is 0 Å². The Labute approximate surface area is 85.5 Å². The molecule has 1 amide bonds. The van der Waals surface area contributed by atoms with Crippen LogP contribution >= 0.6 is 0 Å². The van der Waals surface area contributed by atoms with Gasteiger partial charge in [-0.15, -0.1) is 0 Å². The summed E-state index contributed by atoms with van der Waals surface area (Å²) in [4.78, 5) is 15.6. The zero-order chi connectivity index (χ0) is 10.7. The van der Waals surface area contributed by atoms with Gasteiger partial charge < -0.3 is 10.0 Å². The fraction of sp³-hybridized carbons (Fsp3) is 0.900. The number of nitrogens with zero attached hydrogens (tertiary/aromatic N) is 2. The Morgan fingerprint density at radius 3 is 2.71 bits per heavy atom. The molecule has 1 rings (SSSR count). The van der Waals surface area contributed by atoms with E-state index < -0.39 is 0 Å². The van der Waals surface area contributed by atoms with Crippen molar-refractivity contribution < 1.29 is 9.90 Å². The molecule has 4 heteroatoms. The smallest absolute Gasteiger partial charge is 0.242 e. The Bertz CT molecular complexity index is 208. The van der Waals surface area contributed by atoms with Crippen LogP contribution in [-0.2, 0) is 4.79 Å². The molecule has 4 nitrogen and oxygen atoms in total. The molecule has 1 heterocycles. The number of hydrogen-bond acceptors (Lipinski definition) is 3. The van der Waals surface area contributed by atoms with Gasteiger partial charge >= 0.3 is 0 Å². The fourth-order valence-electron chi connectivity index (χ4n) is 1.91. The van der Waals surface area contributed by atoms with Crippen LogP contribution in [0.15, 0.2) is 0 Å². The lowest BCUT2D eigenvalue weighted by Gasteiger charge is -2.42. The molecule has 0 bridgehead atoms. The number of carbonyl (C=O) groups excluding carboxylic acids is 1. The van der Waals surface area contributed by atoms with E-state index in [-0.39, 0.29) is 18.6 Å². The molecule has 82 valence electrons. The van der Waals surface area contributed by atoms with Gasteiger partial charge in [-0.2, -0.15) is 0 Å². The van der Waals surface area contributed by atoms with Gasteiger partial charge in [-0.1, -0.05) is 6.92 Å². The summed E-state index contributed by atoms with van der Waals surface area (Å²) < 4.78 is 0. The molecule has 1 aliphatic rings. The maximum Gasteiger partial charge on any atom is 0.242 e. The average Bonchev–Trinajstić information content (AvgIpc) is 2.16. The van der Waals surface area contributed by atoms with E-state index in [9.17, 15) is 4.79 Å². The van der Waals surface area contributed by atoms with E-state index >= 15 is 0 Å². The maximum absolute atomic E-state index is 11.8. The van der Waals surface area contributed by atoms with Crippen molar-refractivity contribution in [1.82, 2.24) is 9.80 Å². The summed E-state index contributed by atoms with van der Waals surface area (Å²) in [5.41, 5.74) is 0. The minimum absolute atomic E-state index is 0.0648. The van der Waals surface area contributed by atoms with Crippen LogP contribution in [0.3, 0.4) is 0 Å². The van der Waals surface area contributed by atoms with Crippen molar-refractivity contribution in [2.45, 2.75) is 32.4 Å². The van der Waals surface area contributed by atoms with Crippen LogP contribution in [0, 0.1) is 0 Å². The first-order valence-electron chi connectivity index (χ1n) is 5.23. The van der Waals surface area contributed by atoms with E-state index in [1.165, 1.54) is 0 Å². The second kappa shape index (κ2) is 4.75. The molecule has 0 aromatic carbocycles. The highest BCUT2D eigenvalue weighted by Crippen LogP contribution is 2.14. The summed E-state index contributed by atoms with van der Waals surface area (Å²) in [6.07, 6.45) is 0.973. The van der Waals surface area contributed by atoms with Gasteiger partial charge in [0, 0.05) is 19.1 Å². The normalized spacial score (nSPS) is 29.7. The second-order valence-electron chi connectivity index (χ2n) is 4.00. The van der Waals surface area contributed by atoms with Crippen LogP contribution in [0.4, 0.5) is 0 Å². The Kier molecular flexibility index (Phi) is 3.89. The standard InChI is InChI=1S/C10H20N2O2/c1-4-5-12-6-8(2)11(3)9(7-13)10(12)14/h8-9,13H,4-7H2,1-3H3. The molecule has 2 atom stereocenters. The van der Waals surface area contributed by atoms with E-state index in [2.05, 4.69) is 13.8 Å². The van der Waals surface area contributed by atoms with Crippen molar-refractivity contribution in [2.24, 2.45) is 0 Å². The molecule has 1 aliphatic heterocycles. The highest BCUT2D eigenvalue weighted by atomic mass is 16.3.